The summed E-state index contributed by atoms with van der Waals surface area (Å²) in [6.45, 7) is 2.48. The number of benzene rings is 1. The number of hydrazine groups is 1. The van der Waals surface area contributed by atoms with E-state index < -0.39 is 0 Å². The van der Waals surface area contributed by atoms with Crippen molar-refractivity contribution in [2.24, 2.45) is 0 Å². The lowest BCUT2D eigenvalue weighted by Gasteiger charge is -2.22. The van der Waals surface area contributed by atoms with Gasteiger partial charge in [-0.15, -0.1) is 0 Å². The van der Waals surface area contributed by atoms with Crippen molar-refractivity contribution in [3.8, 4) is 0 Å². The van der Waals surface area contributed by atoms with Crippen LogP contribution in [0.5, 0.6) is 0 Å². The average Bonchev–Trinajstić information content (AvgIpc) is 2.46. The smallest absolute Gasteiger partial charge is 0.293 e. The first-order valence-electron chi connectivity index (χ1n) is 6.83. The molecule has 3 N–H and O–H groups in total. The lowest BCUT2D eigenvalue weighted by molar-refractivity contribution is -0.896. The fourth-order valence-corrected chi connectivity index (χ4v) is 2.73. The van der Waals surface area contributed by atoms with Crippen molar-refractivity contribution < 1.29 is 14.5 Å². The van der Waals surface area contributed by atoms with Gasteiger partial charge in [-0.05, 0) is 37.5 Å². The fraction of sp³-hybridized carbons (Fsp3) is 0.429. The molecule has 0 atom stereocenters. The topological polar surface area (TPSA) is 62.6 Å². The molecule has 5 nitrogen and oxygen atoms in total. The fourth-order valence-electron chi connectivity index (χ4n) is 2.33. The highest BCUT2D eigenvalue weighted by Gasteiger charge is 2.17. The highest BCUT2D eigenvalue weighted by molar-refractivity contribution is 9.10. The van der Waals surface area contributed by atoms with Gasteiger partial charge in [0.15, 0.2) is 6.54 Å². The van der Waals surface area contributed by atoms with Gasteiger partial charge in [-0.25, -0.2) is 0 Å². The molecule has 0 aromatic heterocycles. The van der Waals surface area contributed by atoms with Gasteiger partial charge in [0.05, 0.1) is 13.1 Å². The van der Waals surface area contributed by atoms with Crippen molar-refractivity contribution in [3.63, 3.8) is 0 Å². The average molecular weight is 341 g/mol. The molecule has 1 aliphatic heterocycles. The number of carbonyl (C=O) groups is 2. The molecular formula is C14H19BrN3O2+. The Morgan fingerprint density at radius 1 is 1.15 bits per heavy atom. The Bertz CT molecular complexity index is 487. The van der Waals surface area contributed by atoms with E-state index >= 15 is 0 Å². The quantitative estimate of drug-likeness (QED) is 0.692. The zero-order valence-corrected chi connectivity index (χ0v) is 12.8. The standard InChI is InChI=1S/C14H18BrN3O2/c15-12-6-4-5-11(9-12)14(20)17-16-13(19)10-18-7-2-1-3-8-18/h4-6,9H,1-3,7-8,10H2,(H,16,19)(H,17,20)/p+1. The first kappa shape index (κ1) is 15.0. The molecule has 1 heterocycles. The van der Waals surface area contributed by atoms with Gasteiger partial charge in [0.25, 0.3) is 11.8 Å². The van der Waals surface area contributed by atoms with E-state index in [0.29, 0.717) is 12.1 Å². The van der Waals surface area contributed by atoms with Crippen molar-refractivity contribution in [1.29, 1.82) is 0 Å². The molecule has 108 valence electrons. The molecular weight excluding hydrogens is 322 g/mol. The third-order valence-corrected chi connectivity index (χ3v) is 3.87. The molecule has 2 rings (SSSR count). The van der Waals surface area contributed by atoms with Gasteiger partial charge in [0.2, 0.25) is 0 Å². The van der Waals surface area contributed by atoms with E-state index in [1.165, 1.54) is 24.2 Å². The Morgan fingerprint density at radius 2 is 1.90 bits per heavy atom. The van der Waals surface area contributed by atoms with Gasteiger partial charge < -0.3 is 4.90 Å². The predicted octanol–water partition coefficient (Wildman–Crippen LogP) is 0.279. The van der Waals surface area contributed by atoms with E-state index in [9.17, 15) is 9.59 Å². The summed E-state index contributed by atoms with van der Waals surface area (Å²) in [5, 5.41) is 0. The van der Waals surface area contributed by atoms with Crippen molar-refractivity contribution in [2.45, 2.75) is 19.3 Å². The van der Waals surface area contributed by atoms with Crippen LogP contribution >= 0.6 is 15.9 Å². The molecule has 0 radical (unpaired) electrons. The zero-order chi connectivity index (χ0) is 14.4. The molecule has 1 fully saturated rings. The molecule has 0 saturated carbocycles. The minimum Gasteiger partial charge on any atom is -0.327 e. The Labute approximate surface area is 126 Å². The molecule has 1 saturated heterocycles. The first-order chi connectivity index (χ1) is 9.65. The number of quaternary nitrogens is 1. The Hall–Kier alpha value is -1.40. The van der Waals surface area contributed by atoms with E-state index in [2.05, 4.69) is 26.8 Å². The molecule has 6 heteroatoms. The van der Waals surface area contributed by atoms with Gasteiger partial charge in [0.1, 0.15) is 0 Å². The first-order valence-corrected chi connectivity index (χ1v) is 7.63. The van der Waals surface area contributed by atoms with E-state index in [0.717, 1.165) is 17.6 Å². The molecule has 0 unspecified atom stereocenters. The third-order valence-electron chi connectivity index (χ3n) is 3.37. The number of halogens is 1. The van der Waals surface area contributed by atoms with Gasteiger partial charge in [-0.1, -0.05) is 22.0 Å². The van der Waals surface area contributed by atoms with Crippen LogP contribution in [-0.2, 0) is 4.79 Å². The Kier molecular flexibility index (Phi) is 5.55. The Balaban J connectivity index is 1.76. The summed E-state index contributed by atoms with van der Waals surface area (Å²) in [6, 6.07) is 7.02. The summed E-state index contributed by atoms with van der Waals surface area (Å²) in [4.78, 5) is 24.9. The van der Waals surface area contributed by atoms with Crippen molar-refractivity contribution in [3.05, 3.63) is 34.3 Å². The number of piperidine rings is 1. The minimum absolute atomic E-state index is 0.148. The summed E-state index contributed by atoms with van der Waals surface area (Å²) < 4.78 is 0.828. The second-order valence-corrected chi connectivity index (χ2v) is 5.92. The molecule has 1 aliphatic rings. The van der Waals surface area contributed by atoms with Gasteiger partial charge >= 0.3 is 0 Å². The summed E-state index contributed by atoms with van der Waals surface area (Å²) in [5.74, 6) is -0.460. The summed E-state index contributed by atoms with van der Waals surface area (Å²) >= 11 is 3.31. The number of amides is 2. The number of likely N-dealkylation sites (tertiary alicyclic amines) is 1. The lowest BCUT2D eigenvalue weighted by Crippen LogP contribution is -3.14. The molecule has 2 amide bonds. The van der Waals surface area contributed by atoms with Crippen LogP contribution in [0.4, 0.5) is 0 Å². The summed E-state index contributed by atoms with van der Waals surface area (Å²) in [6.07, 6.45) is 3.60. The molecule has 1 aromatic rings. The maximum Gasteiger partial charge on any atom is 0.293 e. The highest BCUT2D eigenvalue weighted by Crippen LogP contribution is 2.11. The normalized spacial score (nSPS) is 15.7. The molecule has 1 aromatic carbocycles. The SMILES string of the molecule is O=C(C[NH+]1CCCCC1)NNC(=O)c1cccc(Br)c1. The lowest BCUT2D eigenvalue weighted by atomic mass is 10.1. The van der Waals surface area contributed by atoms with Crippen LogP contribution in [0.1, 0.15) is 29.6 Å². The van der Waals surface area contributed by atoms with Gasteiger partial charge in [-0.2, -0.15) is 0 Å². The van der Waals surface area contributed by atoms with Crippen LogP contribution in [0.2, 0.25) is 0 Å². The second-order valence-electron chi connectivity index (χ2n) is 5.00. The second kappa shape index (κ2) is 7.40. The molecule has 0 aliphatic carbocycles. The van der Waals surface area contributed by atoms with Gasteiger partial charge in [0, 0.05) is 10.0 Å². The number of nitrogens with one attached hydrogen (secondary N) is 3. The van der Waals surface area contributed by atoms with Crippen LogP contribution in [0.15, 0.2) is 28.7 Å². The van der Waals surface area contributed by atoms with E-state index in [1.54, 1.807) is 18.2 Å². The predicted molar refractivity (Wildman–Crippen MR) is 79.2 cm³/mol. The number of hydrogen-bond acceptors (Lipinski definition) is 2. The van der Waals surface area contributed by atoms with Crippen molar-refractivity contribution in [2.75, 3.05) is 19.6 Å². The van der Waals surface area contributed by atoms with Crippen molar-refractivity contribution >= 4 is 27.7 Å². The molecule has 0 spiro atoms. The maximum absolute atomic E-state index is 11.8. The van der Waals surface area contributed by atoms with Crippen LogP contribution in [0.3, 0.4) is 0 Å². The van der Waals surface area contributed by atoms with E-state index in [1.807, 2.05) is 6.07 Å². The third kappa shape index (κ3) is 4.61. The van der Waals surface area contributed by atoms with Crippen LogP contribution in [-0.4, -0.2) is 31.4 Å². The monoisotopic (exact) mass is 340 g/mol. The van der Waals surface area contributed by atoms with E-state index in [4.69, 9.17) is 0 Å². The largest absolute Gasteiger partial charge is 0.327 e. The maximum atomic E-state index is 11.8. The van der Waals surface area contributed by atoms with Crippen LogP contribution in [0.25, 0.3) is 0 Å². The van der Waals surface area contributed by atoms with Gasteiger partial charge in [-0.3, -0.25) is 20.4 Å². The number of hydrogen-bond donors (Lipinski definition) is 3. The Morgan fingerprint density at radius 3 is 2.60 bits per heavy atom. The summed E-state index contributed by atoms with van der Waals surface area (Å²) in [7, 11) is 0. The number of rotatable bonds is 3. The molecule has 20 heavy (non-hydrogen) atoms. The number of carbonyl (C=O) groups excluding carboxylic acids is 2. The zero-order valence-electron chi connectivity index (χ0n) is 11.2. The van der Waals surface area contributed by atoms with E-state index in [-0.39, 0.29) is 11.8 Å². The summed E-state index contributed by atoms with van der Waals surface area (Å²) in [5.41, 5.74) is 5.42. The highest BCUT2D eigenvalue weighted by atomic mass is 79.9. The molecule has 0 bridgehead atoms. The van der Waals surface area contributed by atoms with Crippen LogP contribution in [0, 0.1) is 0 Å². The van der Waals surface area contributed by atoms with Crippen LogP contribution < -0.4 is 15.8 Å². The minimum atomic E-state index is -0.312. The van der Waals surface area contributed by atoms with Crippen molar-refractivity contribution in [1.82, 2.24) is 10.9 Å².